The molecule has 0 amide bonds. The van der Waals surface area contributed by atoms with Gasteiger partial charge in [0.25, 0.3) is 0 Å². The maximum absolute atomic E-state index is 10.4. The van der Waals surface area contributed by atoms with Crippen molar-refractivity contribution >= 4 is 24.8 Å². The predicted molar refractivity (Wildman–Crippen MR) is 133 cm³/mol. The first-order chi connectivity index (χ1) is 13.8. The Kier molecular flexibility index (Phi) is 18.6. The molecule has 184 valence electrons. The molecule has 0 saturated carbocycles. The van der Waals surface area contributed by atoms with Gasteiger partial charge in [-0.1, -0.05) is 33.8 Å². The Morgan fingerprint density at radius 2 is 1.71 bits per heavy atom. The van der Waals surface area contributed by atoms with Crippen molar-refractivity contribution < 1.29 is 19.3 Å². The highest BCUT2D eigenvalue weighted by Gasteiger charge is 2.23. The minimum absolute atomic E-state index is 0. The first kappa shape index (κ1) is 32.4. The van der Waals surface area contributed by atoms with Crippen LogP contribution in [0.15, 0.2) is 18.2 Å². The third-order valence-electron chi connectivity index (χ3n) is 5.22. The van der Waals surface area contributed by atoms with E-state index >= 15 is 0 Å². The molecule has 3 atom stereocenters. The number of hydrogen-bond donors (Lipinski definition) is 3. The van der Waals surface area contributed by atoms with E-state index in [2.05, 4.69) is 45.1 Å². The summed E-state index contributed by atoms with van der Waals surface area (Å²) < 4.78 is 16.4. The van der Waals surface area contributed by atoms with Crippen molar-refractivity contribution in [1.29, 1.82) is 0 Å². The molecule has 8 heteroatoms. The second-order valence-corrected chi connectivity index (χ2v) is 8.42. The summed E-state index contributed by atoms with van der Waals surface area (Å²) in [4.78, 5) is 0. The smallest absolute Gasteiger partial charge is 0.161 e. The van der Waals surface area contributed by atoms with Gasteiger partial charge in [-0.2, -0.15) is 0 Å². The number of ether oxygens (including phenoxy) is 3. The van der Waals surface area contributed by atoms with Crippen molar-refractivity contribution in [2.75, 3.05) is 34.0 Å². The van der Waals surface area contributed by atoms with E-state index in [1.165, 1.54) is 5.56 Å². The maximum Gasteiger partial charge on any atom is 0.161 e. The van der Waals surface area contributed by atoms with Crippen LogP contribution in [0.1, 0.15) is 46.1 Å². The summed E-state index contributed by atoms with van der Waals surface area (Å²) >= 11 is 0. The SMILES string of the molecule is COCCCOc1cc(C[C@@H](C[C@H](N)[C@@H](O)CNC(C)C)C(C)C)ccc1OC.Cl.Cl. The van der Waals surface area contributed by atoms with Crippen LogP contribution in [0.2, 0.25) is 0 Å². The van der Waals surface area contributed by atoms with Gasteiger partial charge >= 0.3 is 0 Å². The number of hydrogen-bond acceptors (Lipinski definition) is 6. The van der Waals surface area contributed by atoms with Gasteiger partial charge in [-0.25, -0.2) is 0 Å². The van der Waals surface area contributed by atoms with Crippen LogP contribution in [0.3, 0.4) is 0 Å². The van der Waals surface area contributed by atoms with Crippen LogP contribution in [-0.4, -0.2) is 57.3 Å². The second-order valence-electron chi connectivity index (χ2n) is 8.42. The van der Waals surface area contributed by atoms with Crippen LogP contribution in [0, 0.1) is 11.8 Å². The molecule has 0 heterocycles. The topological polar surface area (TPSA) is 86.0 Å². The summed E-state index contributed by atoms with van der Waals surface area (Å²) in [7, 11) is 3.34. The molecule has 0 aliphatic heterocycles. The molecule has 0 spiro atoms. The number of nitrogens with one attached hydrogen (secondary N) is 1. The lowest BCUT2D eigenvalue weighted by atomic mass is 9.83. The Hall–Kier alpha value is -0.760. The minimum atomic E-state index is -0.547. The largest absolute Gasteiger partial charge is 0.493 e. The van der Waals surface area contributed by atoms with Gasteiger partial charge in [0.2, 0.25) is 0 Å². The third kappa shape index (κ3) is 12.8. The maximum atomic E-state index is 10.4. The van der Waals surface area contributed by atoms with E-state index < -0.39 is 6.10 Å². The van der Waals surface area contributed by atoms with Crippen molar-refractivity contribution in [1.82, 2.24) is 5.32 Å². The lowest BCUT2D eigenvalue weighted by Crippen LogP contribution is -2.44. The number of aliphatic hydroxyl groups excluding tert-OH is 1. The van der Waals surface area contributed by atoms with Gasteiger partial charge < -0.3 is 30.4 Å². The minimum Gasteiger partial charge on any atom is -0.493 e. The van der Waals surface area contributed by atoms with E-state index in [0.717, 1.165) is 30.8 Å². The van der Waals surface area contributed by atoms with Gasteiger partial charge in [0, 0.05) is 38.8 Å². The number of methoxy groups -OCH3 is 2. The van der Waals surface area contributed by atoms with Crippen molar-refractivity contribution in [3.05, 3.63) is 23.8 Å². The van der Waals surface area contributed by atoms with E-state index in [1.54, 1.807) is 14.2 Å². The molecule has 1 aromatic rings. The van der Waals surface area contributed by atoms with E-state index in [1.807, 2.05) is 6.07 Å². The fourth-order valence-electron chi connectivity index (χ4n) is 3.25. The Bertz CT molecular complexity index is 577. The lowest BCUT2D eigenvalue weighted by Gasteiger charge is -2.28. The van der Waals surface area contributed by atoms with Crippen LogP contribution in [0.25, 0.3) is 0 Å². The molecule has 0 aliphatic carbocycles. The van der Waals surface area contributed by atoms with Crippen LogP contribution < -0.4 is 20.5 Å². The first-order valence-corrected chi connectivity index (χ1v) is 10.7. The summed E-state index contributed by atoms with van der Waals surface area (Å²) in [5, 5.41) is 13.6. The molecule has 0 unspecified atom stereocenters. The Morgan fingerprint density at radius 3 is 2.26 bits per heavy atom. The van der Waals surface area contributed by atoms with E-state index in [4.69, 9.17) is 19.9 Å². The van der Waals surface area contributed by atoms with E-state index in [9.17, 15) is 5.11 Å². The van der Waals surface area contributed by atoms with Gasteiger partial charge in [-0.15, -0.1) is 24.8 Å². The quantitative estimate of drug-likeness (QED) is 0.329. The summed E-state index contributed by atoms with van der Waals surface area (Å²) in [6, 6.07) is 6.18. The molecule has 31 heavy (non-hydrogen) atoms. The zero-order valence-electron chi connectivity index (χ0n) is 19.9. The highest BCUT2D eigenvalue weighted by Crippen LogP contribution is 2.31. The summed E-state index contributed by atoms with van der Waals surface area (Å²) in [6.07, 6.45) is 1.94. The van der Waals surface area contributed by atoms with Crippen molar-refractivity contribution in [3.8, 4) is 11.5 Å². The molecule has 0 fully saturated rings. The van der Waals surface area contributed by atoms with Gasteiger partial charge in [0.15, 0.2) is 11.5 Å². The van der Waals surface area contributed by atoms with Crippen LogP contribution in [-0.2, 0) is 11.2 Å². The van der Waals surface area contributed by atoms with Gasteiger partial charge in [-0.3, -0.25) is 0 Å². The molecular weight excluding hydrogens is 439 g/mol. The summed E-state index contributed by atoms with van der Waals surface area (Å²) in [6.45, 7) is 10.3. The fourth-order valence-corrected chi connectivity index (χ4v) is 3.25. The fraction of sp³-hybridized carbons (Fsp3) is 0.739. The lowest BCUT2D eigenvalue weighted by molar-refractivity contribution is 0.122. The van der Waals surface area contributed by atoms with Gasteiger partial charge in [0.1, 0.15) is 0 Å². The van der Waals surface area contributed by atoms with Crippen molar-refractivity contribution in [2.45, 2.75) is 65.1 Å². The standard InChI is InChI=1S/C23H42N2O4.2ClH/c1-16(2)19(14-20(24)21(26)15-25-17(3)4)12-18-8-9-22(28-6)23(13-18)29-11-7-10-27-5;;/h8-9,13,16-17,19-21,25-26H,7,10-12,14-15,24H2,1-6H3;2*1H/t19-,20-,21-;;/m0../s1. The third-order valence-corrected chi connectivity index (χ3v) is 5.22. The molecule has 1 aromatic carbocycles. The molecular formula is C23H44Cl2N2O4. The Labute approximate surface area is 201 Å². The molecule has 0 aromatic heterocycles. The van der Waals surface area contributed by atoms with E-state index in [-0.39, 0.29) is 30.9 Å². The van der Waals surface area contributed by atoms with Gasteiger partial charge in [-0.05, 0) is 42.4 Å². The van der Waals surface area contributed by atoms with E-state index in [0.29, 0.717) is 37.6 Å². The molecule has 0 aliphatic rings. The monoisotopic (exact) mass is 482 g/mol. The van der Waals surface area contributed by atoms with Crippen LogP contribution in [0.4, 0.5) is 0 Å². The zero-order valence-corrected chi connectivity index (χ0v) is 21.6. The molecule has 4 N–H and O–H groups in total. The number of rotatable bonds is 15. The number of halogens is 2. The highest BCUT2D eigenvalue weighted by atomic mass is 35.5. The molecule has 0 radical (unpaired) electrons. The number of benzene rings is 1. The van der Waals surface area contributed by atoms with Crippen molar-refractivity contribution in [3.63, 3.8) is 0 Å². The molecule has 6 nitrogen and oxygen atoms in total. The Balaban J connectivity index is 0. The predicted octanol–water partition coefficient (Wildman–Crippen LogP) is 3.85. The summed E-state index contributed by atoms with van der Waals surface area (Å²) in [5.41, 5.74) is 7.51. The molecule has 1 rings (SSSR count). The number of aliphatic hydroxyl groups is 1. The number of nitrogens with two attached hydrogens (primary N) is 1. The normalized spacial score (nSPS) is 13.9. The van der Waals surface area contributed by atoms with Gasteiger partial charge in [0.05, 0.1) is 19.8 Å². The second kappa shape index (κ2) is 17.8. The molecule has 0 bridgehead atoms. The van der Waals surface area contributed by atoms with Crippen molar-refractivity contribution in [2.24, 2.45) is 17.6 Å². The zero-order chi connectivity index (χ0) is 21.8. The van der Waals surface area contributed by atoms with Crippen LogP contribution in [0.5, 0.6) is 11.5 Å². The van der Waals surface area contributed by atoms with Crippen LogP contribution >= 0.6 is 24.8 Å². The molecule has 0 saturated heterocycles. The average Bonchev–Trinajstić information content (AvgIpc) is 2.68. The first-order valence-electron chi connectivity index (χ1n) is 10.7. The summed E-state index contributed by atoms with van der Waals surface area (Å²) in [5.74, 6) is 2.32. The highest BCUT2D eigenvalue weighted by molar-refractivity contribution is 5.85. The Morgan fingerprint density at radius 1 is 1.03 bits per heavy atom. The average molecular weight is 484 g/mol.